The zero-order valence-corrected chi connectivity index (χ0v) is 33.4. The lowest BCUT2D eigenvalue weighted by Crippen LogP contribution is -2.63. The average molecular weight is 747 g/mol. The fourth-order valence-corrected chi connectivity index (χ4v) is 7.14. The van der Waals surface area contributed by atoms with Gasteiger partial charge in [-0.3, -0.25) is 19.5 Å². The van der Waals surface area contributed by atoms with Crippen molar-refractivity contribution in [1.29, 1.82) is 0 Å². The molecule has 1 aromatic rings. The summed E-state index contributed by atoms with van der Waals surface area (Å²) in [6.45, 7) is 25.5. The van der Waals surface area contributed by atoms with Crippen LogP contribution in [0, 0.1) is 0 Å². The molecule has 4 saturated heterocycles. The Morgan fingerprint density at radius 3 is 1.87 bits per heavy atom. The minimum absolute atomic E-state index is 0.00994. The largest absolute Gasteiger partial charge is 0.460 e. The number of nitrogens with zero attached hydrogens (tertiary/aromatic N) is 5. The molecule has 53 heavy (non-hydrogen) atoms. The first-order valence-corrected chi connectivity index (χ1v) is 19.6. The van der Waals surface area contributed by atoms with Crippen LogP contribution in [0.2, 0.25) is 0 Å². The first-order valence-electron chi connectivity index (χ1n) is 19.6. The second-order valence-electron chi connectivity index (χ2n) is 15.5. The molecule has 300 valence electrons. The van der Waals surface area contributed by atoms with Crippen LogP contribution >= 0.6 is 0 Å². The Morgan fingerprint density at radius 1 is 0.736 bits per heavy atom. The molecule has 0 bridgehead atoms. The van der Waals surface area contributed by atoms with Crippen molar-refractivity contribution in [2.24, 2.45) is 0 Å². The van der Waals surface area contributed by atoms with E-state index in [1.807, 2.05) is 69.9 Å². The molecule has 4 aliphatic rings. The van der Waals surface area contributed by atoms with Crippen LogP contribution < -0.4 is 5.32 Å². The standard InChI is InChI=1S/C24H37N3O5.C15H29N3O3/c1-18(2)32-24(29)27-14-22(13-25-10-11-30-16-20(25)4)26(12-19(27)3)15-23(28)31-17-21-8-6-5-7-9-21;1-11(2)21-15(19)18-9-14(16-7-12(18)3)8-17-5-6-20-10-13(17)4/h5-9,18-20,22H,10-17H2,1-4H3;11-14,16H,5-10H2,1-4H3/t19-,20-,22+;12-,13-,14+/m11/s1. The molecule has 14 heteroatoms. The van der Waals surface area contributed by atoms with Crippen LogP contribution in [0.5, 0.6) is 0 Å². The summed E-state index contributed by atoms with van der Waals surface area (Å²) in [7, 11) is 0. The number of piperazine rings is 2. The number of hydrogen-bond acceptors (Lipinski definition) is 12. The summed E-state index contributed by atoms with van der Waals surface area (Å²) in [6, 6.07) is 10.8. The molecule has 1 N–H and O–H groups in total. The number of carbonyl (C=O) groups excluding carboxylic acids is 3. The molecule has 1 aromatic carbocycles. The molecular formula is C39H66N6O8. The van der Waals surface area contributed by atoms with Gasteiger partial charge in [0.2, 0.25) is 0 Å². The van der Waals surface area contributed by atoms with Gasteiger partial charge in [-0.25, -0.2) is 9.59 Å². The van der Waals surface area contributed by atoms with E-state index in [4.69, 9.17) is 23.7 Å². The Balaban J connectivity index is 0.000000258. The maximum atomic E-state index is 12.7. The molecule has 0 aromatic heterocycles. The Hall–Kier alpha value is -3.01. The monoisotopic (exact) mass is 746 g/mol. The second-order valence-corrected chi connectivity index (χ2v) is 15.5. The van der Waals surface area contributed by atoms with Crippen molar-refractivity contribution in [3.63, 3.8) is 0 Å². The highest BCUT2D eigenvalue weighted by Crippen LogP contribution is 2.20. The van der Waals surface area contributed by atoms with Crippen LogP contribution in [0.25, 0.3) is 0 Å². The van der Waals surface area contributed by atoms with Crippen LogP contribution in [0.4, 0.5) is 9.59 Å². The van der Waals surface area contributed by atoms with Crippen molar-refractivity contribution in [2.75, 3.05) is 85.3 Å². The molecular weight excluding hydrogens is 680 g/mol. The lowest BCUT2D eigenvalue weighted by Gasteiger charge is -2.47. The first kappa shape index (κ1) is 42.7. The number of benzene rings is 1. The zero-order chi connectivity index (χ0) is 38.5. The fraction of sp³-hybridized carbons (Fsp3) is 0.769. The van der Waals surface area contributed by atoms with E-state index in [-0.39, 0.29) is 61.6 Å². The number of carbonyl (C=O) groups is 3. The number of morpholine rings is 2. The van der Waals surface area contributed by atoms with Gasteiger partial charge in [-0.1, -0.05) is 30.3 Å². The maximum absolute atomic E-state index is 12.7. The van der Waals surface area contributed by atoms with Crippen LogP contribution in [0.15, 0.2) is 30.3 Å². The van der Waals surface area contributed by atoms with Gasteiger partial charge < -0.3 is 38.8 Å². The summed E-state index contributed by atoms with van der Waals surface area (Å²) in [5.74, 6) is -0.251. The average Bonchev–Trinajstić information content (AvgIpc) is 3.11. The normalized spacial score (nSPS) is 27.6. The number of hydrogen-bond donors (Lipinski definition) is 1. The summed E-state index contributed by atoms with van der Waals surface area (Å²) < 4.78 is 27.4. The summed E-state index contributed by atoms with van der Waals surface area (Å²) in [5.41, 5.74) is 0.967. The maximum Gasteiger partial charge on any atom is 0.410 e. The third-order valence-corrected chi connectivity index (χ3v) is 10.2. The number of amides is 2. The molecule has 0 radical (unpaired) electrons. The van der Waals surface area contributed by atoms with Crippen molar-refractivity contribution in [1.82, 2.24) is 29.8 Å². The van der Waals surface area contributed by atoms with Gasteiger partial charge in [0.25, 0.3) is 0 Å². The van der Waals surface area contributed by atoms with Crippen molar-refractivity contribution in [3.8, 4) is 0 Å². The van der Waals surface area contributed by atoms with Gasteiger partial charge in [-0.2, -0.15) is 0 Å². The smallest absolute Gasteiger partial charge is 0.410 e. The van der Waals surface area contributed by atoms with Gasteiger partial charge in [0.15, 0.2) is 0 Å². The fourth-order valence-electron chi connectivity index (χ4n) is 7.14. The molecule has 14 nitrogen and oxygen atoms in total. The quantitative estimate of drug-likeness (QED) is 0.279. The molecule has 2 amide bonds. The van der Waals surface area contributed by atoms with Gasteiger partial charge in [-0.15, -0.1) is 0 Å². The van der Waals surface area contributed by atoms with Crippen molar-refractivity contribution >= 4 is 18.2 Å². The molecule has 0 saturated carbocycles. The predicted molar refractivity (Wildman–Crippen MR) is 203 cm³/mol. The third kappa shape index (κ3) is 13.7. The minimum Gasteiger partial charge on any atom is -0.460 e. The molecule has 0 aliphatic carbocycles. The summed E-state index contributed by atoms with van der Waals surface area (Å²) in [5, 5.41) is 3.54. The molecule has 0 unspecified atom stereocenters. The van der Waals surface area contributed by atoms with Gasteiger partial charge in [0.05, 0.1) is 45.2 Å². The van der Waals surface area contributed by atoms with Crippen LogP contribution in [-0.2, 0) is 35.1 Å². The van der Waals surface area contributed by atoms with E-state index >= 15 is 0 Å². The summed E-state index contributed by atoms with van der Waals surface area (Å²) >= 11 is 0. The molecule has 5 rings (SSSR count). The minimum atomic E-state index is -0.293. The highest BCUT2D eigenvalue weighted by atomic mass is 16.6. The van der Waals surface area contributed by atoms with E-state index in [2.05, 4.69) is 40.8 Å². The molecule has 0 spiro atoms. The third-order valence-electron chi connectivity index (χ3n) is 10.2. The van der Waals surface area contributed by atoms with Crippen molar-refractivity contribution < 1.29 is 38.1 Å². The lowest BCUT2D eigenvalue weighted by molar-refractivity contribution is -0.148. The lowest BCUT2D eigenvalue weighted by atomic mass is 10.1. The van der Waals surface area contributed by atoms with Crippen molar-refractivity contribution in [2.45, 2.75) is 110 Å². The second kappa shape index (κ2) is 21.2. The Labute approximate surface area is 317 Å². The zero-order valence-electron chi connectivity index (χ0n) is 33.4. The van der Waals surface area contributed by atoms with Gasteiger partial charge in [-0.05, 0) is 61.0 Å². The number of rotatable bonds is 10. The molecule has 6 atom stereocenters. The van der Waals surface area contributed by atoms with Crippen LogP contribution in [-0.4, -0.2) is 176 Å². The van der Waals surface area contributed by atoms with E-state index in [0.717, 1.165) is 51.5 Å². The van der Waals surface area contributed by atoms with Gasteiger partial charge in [0, 0.05) is 88.6 Å². The summed E-state index contributed by atoms with van der Waals surface area (Å²) in [6.07, 6.45) is -0.728. The molecule has 4 fully saturated rings. The van der Waals surface area contributed by atoms with Crippen molar-refractivity contribution in [3.05, 3.63) is 35.9 Å². The summed E-state index contributed by atoms with van der Waals surface area (Å²) in [4.78, 5) is 48.1. The van der Waals surface area contributed by atoms with Crippen LogP contribution in [0.3, 0.4) is 0 Å². The SMILES string of the molecule is CC(C)OC(=O)N1C[C@H](CN2CCOC[C@H]2C)N(CC(=O)OCc2ccccc2)C[C@H]1C.CC(C)OC(=O)N1C[C@H](CN2CCOC[C@H]2C)NC[C@H]1C. The number of nitrogens with one attached hydrogen (secondary N) is 1. The first-order chi connectivity index (χ1) is 25.3. The van der Waals surface area contributed by atoms with E-state index in [1.165, 1.54) is 0 Å². The Bertz CT molecular complexity index is 1270. The predicted octanol–water partition coefficient (Wildman–Crippen LogP) is 3.28. The molecule has 4 heterocycles. The van der Waals surface area contributed by atoms with Crippen LogP contribution in [0.1, 0.15) is 61.0 Å². The number of ether oxygens (including phenoxy) is 5. The van der Waals surface area contributed by atoms with E-state index in [0.29, 0.717) is 51.0 Å². The topological polar surface area (TPSA) is 126 Å². The van der Waals surface area contributed by atoms with Gasteiger partial charge in [0.1, 0.15) is 6.61 Å². The van der Waals surface area contributed by atoms with Gasteiger partial charge >= 0.3 is 18.2 Å². The van der Waals surface area contributed by atoms with E-state index < -0.39 is 0 Å². The van der Waals surface area contributed by atoms with E-state index in [1.54, 1.807) is 4.90 Å². The highest BCUT2D eigenvalue weighted by molar-refractivity contribution is 5.72. The Kier molecular flexibility index (Phi) is 17.1. The highest BCUT2D eigenvalue weighted by Gasteiger charge is 2.38. The number of esters is 1. The van der Waals surface area contributed by atoms with E-state index in [9.17, 15) is 14.4 Å². The Morgan fingerprint density at radius 2 is 1.30 bits per heavy atom. The molecule has 4 aliphatic heterocycles.